The summed E-state index contributed by atoms with van der Waals surface area (Å²) in [7, 11) is 0. The Morgan fingerprint density at radius 1 is 1.18 bits per heavy atom. The second-order valence-corrected chi connectivity index (χ2v) is 6.91. The first-order valence-corrected chi connectivity index (χ1v) is 9.21. The first kappa shape index (κ1) is 24.0. The van der Waals surface area contributed by atoms with Gasteiger partial charge in [-0.2, -0.15) is 31.6 Å². The normalized spacial score (nSPS) is 18.6. The zero-order valence-electron chi connectivity index (χ0n) is 16.4. The molecule has 0 spiro atoms. The second-order valence-electron chi connectivity index (χ2n) is 6.91. The number of ether oxygens (including phenoxy) is 2. The minimum absolute atomic E-state index is 0.217. The molecule has 0 radical (unpaired) electrons. The highest BCUT2D eigenvalue weighted by atomic mass is 19.4. The van der Waals surface area contributed by atoms with Crippen molar-refractivity contribution in [3.8, 4) is 11.8 Å². The summed E-state index contributed by atoms with van der Waals surface area (Å²) >= 11 is 0. The molecule has 1 heterocycles. The van der Waals surface area contributed by atoms with E-state index in [-0.39, 0.29) is 18.0 Å². The van der Waals surface area contributed by atoms with Gasteiger partial charge in [0.1, 0.15) is 18.5 Å². The van der Waals surface area contributed by atoms with Gasteiger partial charge in [-0.05, 0) is 42.5 Å². The minimum Gasteiger partial charge on any atom is -0.491 e. The molecule has 176 valence electrons. The number of benzene rings is 2. The number of alkyl halides is 6. The lowest BCUT2D eigenvalue weighted by Crippen LogP contribution is -2.42. The molecule has 1 saturated heterocycles. The van der Waals surface area contributed by atoms with Crippen molar-refractivity contribution in [1.82, 2.24) is 0 Å². The number of halogens is 6. The first-order valence-electron chi connectivity index (χ1n) is 9.21. The van der Waals surface area contributed by atoms with Crippen LogP contribution in [-0.4, -0.2) is 42.9 Å². The largest absolute Gasteiger partial charge is 0.491 e. The van der Waals surface area contributed by atoms with Crippen LogP contribution in [0.4, 0.5) is 42.5 Å². The predicted octanol–water partition coefficient (Wildman–Crippen LogP) is 4.84. The lowest BCUT2D eigenvalue weighted by atomic mass is 10.1. The number of hydrogen-bond donors (Lipinski definition) is 2. The van der Waals surface area contributed by atoms with Gasteiger partial charge >= 0.3 is 18.4 Å². The van der Waals surface area contributed by atoms with E-state index in [9.17, 15) is 31.1 Å². The van der Waals surface area contributed by atoms with Gasteiger partial charge in [0.25, 0.3) is 0 Å². The fourth-order valence-corrected chi connectivity index (χ4v) is 3.19. The van der Waals surface area contributed by atoms with E-state index < -0.39 is 54.1 Å². The van der Waals surface area contributed by atoms with Crippen molar-refractivity contribution >= 4 is 17.5 Å². The van der Waals surface area contributed by atoms with Crippen LogP contribution in [0, 0.1) is 11.3 Å². The van der Waals surface area contributed by atoms with E-state index in [4.69, 9.17) is 19.8 Å². The molecule has 2 aromatic rings. The number of hydrogen-bond acceptors (Lipinski definition) is 5. The maximum absolute atomic E-state index is 13.5. The average Bonchev–Trinajstić information content (AvgIpc) is 3.17. The van der Waals surface area contributed by atoms with Crippen LogP contribution in [0.3, 0.4) is 0 Å². The summed E-state index contributed by atoms with van der Waals surface area (Å²) in [4.78, 5) is 11.2. The summed E-state index contributed by atoms with van der Waals surface area (Å²) in [5.41, 5.74) is -2.22. The van der Waals surface area contributed by atoms with Crippen molar-refractivity contribution in [2.75, 3.05) is 23.4 Å². The van der Waals surface area contributed by atoms with Gasteiger partial charge in [-0.1, -0.05) is 0 Å². The SMILES string of the molecule is N#Cc1ccc(N2CC(COc3ccc(NC(=O)O)cc3)OC2C(F)(F)F)cc1C(F)(F)F. The summed E-state index contributed by atoms with van der Waals surface area (Å²) in [6.07, 6.45) is -14.8. The second kappa shape index (κ2) is 9.07. The van der Waals surface area contributed by atoms with Crippen molar-refractivity contribution in [2.24, 2.45) is 0 Å². The van der Waals surface area contributed by atoms with Crippen LogP contribution in [-0.2, 0) is 10.9 Å². The monoisotopic (exact) mass is 475 g/mol. The van der Waals surface area contributed by atoms with Crippen molar-refractivity contribution in [1.29, 1.82) is 5.26 Å². The minimum atomic E-state index is -4.93. The highest BCUT2D eigenvalue weighted by Gasteiger charge is 2.51. The van der Waals surface area contributed by atoms with E-state index in [0.717, 1.165) is 12.1 Å². The number of nitriles is 1. The van der Waals surface area contributed by atoms with E-state index in [1.54, 1.807) is 0 Å². The molecule has 3 rings (SSSR count). The van der Waals surface area contributed by atoms with Crippen LogP contribution in [0.1, 0.15) is 11.1 Å². The van der Waals surface area contributed by atoms with Gasteiger partial charge in [-0.15, -0.1) is 0 Å². The maximum atomic E-state index is 13.5. The summed E-state index contributed by atoms with van der Waals surface area (Å²) in [5.74, 6) is 0.217. The third-order valence-electron chi connectivity index (χ3n) is 4.59. The lowest BCUT2D eigenvalue weighted by Gasteiger charge is -2.27. The Bertz CT molecular complexity index is 1050. The smallest absolute Gasteiger partial charge is 0.433 e. The average molecular weight is 475 g/mol. The Labute approximate surface area is 182 Å². The third kappa shape index (κ3) is 5.78. The number of nitrogens with zero attached hydrogens (tertiary/aromatic N) is 2. The van der Waals surface area contributed by atoms with Crippen LogP contribution >= 0.6 is 0 Å². The number of carbonyl (C=O) groups is 1. The Balaban J connectivity index is 1.77. The lowest BCUT2D eigenvalue weighted by molar-refractivity contribution is -0.215. The molecule has 0 bridgehead atoms. The number of amides is 1. The molecule has 2 unspecified atom stereocenters. The molecule has 0 aromatic heterocycles. The standard InChI is InChI=1S/C20H15F6N3O4/c21-19(22,23)16-7-13(4-1-11(16)8-27)29-9-15(33-17(29)20(24,25)26)10-32-14-5-2-12(3-6-14)28-18(30)31/h1-7,15,17,28H,9-10H2,(H,30,31). The molecule has 0 saturated carbocycles. The molecule has 1 fully saturated rings. The van der Waals surface area contributed by atoms with E-state index in [1.807, 2.05) is 0 Å². The molecule has 13 heteroatoms. The van der Waals surface area contributed by atoms with Gasteiger partial charge in [0, 0.05) is 11.4 Å². The van der Waals surface area contributed by atoms with E-state index >= 15 is 0 Å². The summed E-state index contributed by atoms with van der Waals surface area (Å²) in [6, 6.07) is 9.18. The van der Waals surface area contributed by atoms with Crippen molar-refractivity contribution < 1.29 is 45.7 Å². The maximum Gasteiger partial charge on any atom is 0.433 e. The van der Waals surface area contributed by atoms with Crippen molar-refractivity contribution in [2.45, 2.75) is 24.7 Å². The number of rotatable bonds is 5. The molecule has 0 aliphatic carbocycles. The highest BCUT2D eigenvalue weighted by molar-refractivity contribution is 5.82. The molecule has 2 N–H and O–H groups in total. The Morgan fingerprint density at radius 3 is 2.39 bits per heavy atom. The predicted molar refractivity (Wildman–Crippen MR) is 102 cm³/mol. The van der Waals surface area contributed by atoms with Crippen molar-refractivity contribution in [3.63, 3.8) is 0 Å². The summed E-state index contributed by atoms with van der Waals surface area (Å²) < 4.78 is 90.7. The Kier molecular flexibility index (Phi) is 6.59. The van der Waals surface area contributed by atoms with E-state index in [1.165, 1.54) is 30.3 Å². The molecule has 2 atom stereocenters. The highest BCUT2D eigenvalue weighted by Crippen LogP contribution is 2.39. The van der Waals surface area contributed by atoms with Gasteiger partial charge in [0.2, 0.25) is 6.23 Å². The van der Waals surface area contributed by atoms with Gasteiger partial charge in [-0.3, -0.25) is 5.32 Å². The van der Waals surface area contributed by atoms with Crippen LogP contribution in [0.15, 0.2) is 42.5 Å². The fraction of sp³-hybridized carbons (Fsp3) is 0.300. The molecule has 7 nitrogen and oxygen atoms in total. The number of anilines is 2. The Hall–Kier alpha value is -3.66. The van der Waals surface area contributed by atoms with E-state index in [2.05, 4.69) is 5.32 Å². The molecular formula is C20H15F6N3O4. The van der Waals surface area contributed by atoms with E-state index in [0.29, 0.717) is 11.0 Å². The fourth-order valence-electron chi connectivity index (χ4n) is 3.19. The van der Waals surface area contributed by atoms with Gasteiger partial charge < -0.3 is 19.5 Å². The third-order valence-corrected chi connectivity index (χ3v) is 4.59. The van der Waals surface area contributed by atoms with Gasteiger partial charge in [-0.25, -0.2) is 4.79 Å². The summed E-state index contributed by atoms with van der Waals surface area (Å²) in [5, 5.41) is 19.6. The first-order chi connectivity index (χ1) is 15.4. The molecule has 33 heavy (non-hydrogen) atoms. The molecule has 2 aromatic carbocycles. The van der Waals surface area contributed by atoms with Gasteiger partial charge in [0.15, 0.2) is 0 Å². The zero-order valence-corrected chi connectivity index (χ0v) is 16.4. The molecular weight excluding hydrogens is 460 g/mol. The van der Waals surface area contributed by atoms with Crippen molar-refractivity contribution in [3.05, 3.63) is 53.6 Å². The Morgan fingerprint density at radius 2 is 1.85 bits per heavy atom. The molecule has 1 amide bonds. The molecule has 1 aliphatic rings. The molecule has 1 aliphatic heterocycles. The number of carboxylic acid groups (broad SMARTS) is 1. The van der Waals surface area contributed by atoms with Crippen LogP contribution in [0.2, 0.25) is 0 Å². The number of nitrogens with one attached hydrogen (secondary N) is 1. The van der Waals surface area contributed by atoms with Crippen LogP contribution in [0.5, 0.6) is 5.75 Å². The quantitative estimate of drug-likeness (QED) is 0.601. The van der Waals surface area contributed by atoms with Crippen LogP contribution < -0.4 is 15.0 Å². The summed E-state index contributed by atoms with van der Waals surface area (Å²) in [6.45, 7) is -0.775. The van der Waals surface area contributed by atoms with Crippen LogP contribution in [0.25, 0.3) is 0 Å². The van der Waals surface area contributed by atoms with Gasteiger partial charge in [0.05, 0.1) is 23.7 Å². The topological polar surface area (TPSA) is 94.8 Å². The zero-order chi connectivity index (χ0) is 24.4.